The van der Waals surface area contributed by atoms with Crippen LogP contribution in [0.1, 0.15) is 16.1 Å². The van der Waals surface area contributed by atoms with Crippen molar-refractivity contribution in [2.75, 3.05) is 11.9 Å². The van der Waals surface area contributed by atoms with Gasteiger partial charge in [0, 0.05) is 30.9 Å². The van der Waals surface area contributed by atoms with Gasteiger partial charge < -0.3 is 9.45 Å². The number of amides is 1. The van der Waals surface area contributed by atoms with Gasteiger partial charge in [-0.05, 0) is 39.7 Å². The summed E-state index contributed by atoms with van der Waals surface area (Å²) in [5, 5.41) is 4.16. The van der Waals surface area contributed by atoms with Gasteiger partial charge in [0.05, 0.1) is 16.2 Å². The monoisotopic (exact) mass is 407 g/mol. The van der Waals surface area contributed by atoms with E-state index in [9.17, 15) is 13.6 Å². The van der Waals surface area contributed by atoms with Crippen molar-refractivity contribution >= 4 is 44.1 Å². The number of carbonyl (C=O) groups excluding carboxylic acids is 1. The topological polar surface area (TPSA) is 90.6 Å². The van der Waals surface area contributed by atoms with Crippen molar-refractivity contribution in [3.63, 3.8) is 0 Å². The summed E-state index contributed by atoms with van der Waals surface area (Å²) in [4.78, 5) is 18.1. The highest BCUT2D eigenvalue weighted by Crippen LogP contribution is 2.23. The molecule has 0 aliphatic rings. The standard InChI is InChI=1S/C15H13BrN4O3S/c1-19(11-4-5-20-14(6-11)12(16)8-18-20)15(21)13-3-2-10(7-17-13)9-24(22)23/h2-8H,9H2,1H3,(H,22,23)/p-1. The molecule has 24 heavy (non-hydrogen) atoms. The molecule has 1 atom stereocenters. The van der Waals surface area contributed by atoms with Gasteiger partial charge in [-0.25, -0.2) is 4.52 Å². The molecule has 0 spiro atoms. The Balaban J connectivity index is 1.84. The van der Waals surface area contributed by atoms with E-state index in [2.05, 4.69) is 26.0 Å². The second-order valence-corrected chi connectivity index (χ2v) is 6.82. The minimum Gasteiger partial charge on any atom is -0.772 e. The van der Waals surface area contributed by atoms with Crippen LogP contribution < -0.4 is 4.90 Å². The van der Waals surface area contributed by atoms with Crippen molar-refractivity contribution < 1.29 is 13.6 Å². The molecule has 0 radical (unpaired) electrons. The fourth-order valence-corrected chi connectivity index (χ4v) is 3.04. The van der Waals surface area contributed by atoms with E-state index in [4.69, 9.17) is 0 Å². The first kappa shape index (κ1) is 16.7. The van der Waals surface area contributed by atoms with Crippen LogP contribution in [0.3, 0.4) is 0 Å². The van der Waals surface area contributed by atoms with Crippen LogP contribution in [-0.2, 0) is 16.8 Å². The van der Waals surface area contributed by atoms with Crippen molar-refractivity contribution in [1.82, 2.24) is 14.6 Å². The summed E-state index contributed by atoms with van der Waals surface area (Å²) in [6.45, 7) is 0. The van der Waals surface area contributed by atoms with E-state index < -0.39 is 11.1 Å². The molecule has 3 aromatic rings. The maximum Gasteiger partial charge on any atom is 0.276 e. The zero-order valence-electron chi connectivity index (χ0n) is 12.5. The molecule has 0 aliphatic carbocycles. The van der Waals surface area contributed by atoms with Crippen LogP contribution in [0.4, 0.5) is 5.69 Å². The highest BCUT2D eigenvalue weighted by atomic mass is 79.9. The normalized spacial score (nSPS) is 12.3. The molecule has 7 nitrogen and oxygen atoms in total. The van der Waals surface area contributed by atoms with Crippen molar-refractivity contribution in [2.45, 2.75) is 5.75 Å². The summed E-state index contributed by atoms with van der Waals surface area (Å²) < 4.78 is 23.9. The minimum absolute atomic E-state index is 0.122. The Morgan fingerprint density at radius 2 is 2.17 bits per heavy atom. The number of rotatable bonds is 4. The van der Waals surface area contributed by atoms with Crippen LogP contribution in [0.5, 0.6) is 0 Å². The fraction of sp³-hybridized carbons (Fsp3) is 0.133. The number of fused-ring (bicyclic) bond motifs is 1. The molecule has 0 N–H and O–H groups in total. The van der Waals surface area contributed by atoms with E-state index in [0.717, 1.165) is 9.99 Å². The summed E-state index contributed by atoms with van der Waals surface area (Å²) in [7, 11) is 1.65. The highest BCUT2D eigenvalue weighted by molar-refractivity contribution is 9.10. The largest absolute Gasteiger partial charge is 0.772 e. The summed E-state index contributed by atoms with van der Waals surface area (Å²) in [6, 6.07) is 6.72. The molecule has 3 aromatic heterocycles. The summed E-state index contributed by atoms with van der Waals surface area (Å²) in [6.07, 6.45) is 4.84. The van der Waals surface area contributed by atoms with Crippen LogP contribution in [0.15, 0.2) is 47.3 Å². The molecule has 124 valence electrons. The highest BCUT2D eigenvalue weighted by Gasteiger charge is 2.16. The van der Waals surface area contributed by atoms with Gasteiger partial charge in [0.1, 0.15) is 5.69 Å². The Labute approximate surface area is 148 Å². The van der Waals surface area contributed by atoms with E-state index in [1.165, 1.54) is 17.2 Å². The first-order chi connectivity index (χ1) is 11.5. The average Bonchev–Trinajstić information content (AvgIpc) is 2.94. The third-order valence-corrected chi connectivity index (χ3v) is 4.66. The number of aromatic nitrogens is 3. The molecule has 1 amide bonds. The molecule has 9 heteroatoms. The maximum atomic E-state index is 12.5. The van der Waals surface area contributed by atoms with E-state index in [0.29, 0.717) is 11.3 Å². The Bertz CT molecular complexity index is 926. The van der Waals surface area contributed by atoms with Gasteiger partial charge in [0.2, 0.25) is 0 Å². The van der Waals surface area contributed by atoms with Crippen LogP contribution in [0.25, 0.3) is 5.52 Å². The van der Waals surface area contributed by atoms with Crippen molar-refractivity contribution in [3.8, 4) is 0 Å². The van der Waals surface area contributed by atoms with Crippen molar-refractivity contribution in [3.05, 3.63) is 58.6 Å². The molecule has 1 unspecified atom stereocenters. The maximum absolute atomic E-state index is 12.5. The number of pyridine rings is 2. The smallest absolute Gasteiger partial charge is 0.276 e. The van der Waals surface area contributed by atoms with Gasteiger partial charge in [0.25, 0.3) is 5.91 Å². The van der Waals surface area contributed by atoms with E-state index in [1.54, 1.807) is 36.1 Å². The Morgan fingerprint density at radius 3 is 2.83 bits per heavy atom. The molecule has 3 heterocycles. The lowest BCUT2D eigenvalue weighted by Crippen LogP contribution is -2.27. The molecule has 0 aromatic carbocycles. The molecular weight excluding hydrogens is 396 g/mol. The predicted octanol–water partition coefficient (Wildman–Crippen LogP) is 2.15. The van der Waals surface area contributed by atoms with E-state index in [1.807, 2.05) is 6.07 Å². The number of anilines is 1. The Hall–Kier alpha value is -2.10. The fourth-order valence-electron chi connectivity index (χ4n) is 2.21. The van der Waals surface area contributed by atoms with Crippen molar-refractivity contribution in [2.24, 2.45) is 0 Å². The van der Waals surface area contributed by atoms with Gasteiger partial charge >= 0.3 is 0 Å². The lowest BCUT2D eigenvalue weighted by atomic mass is 10.2. The minimum atomic E-state index is -2.18. The van der Waals surface area contributed by atoms with Crippen LogP contribution >= 0.6 is 15.9 Å². The molecule has 0 saturated heterocycles. The molecule has 0 bridgehead atoms. The van der Waals surface area contributed by atoms with E-state index >= 15 is 0 Å². The third kappa shape index (κ3) is 3.37. The number of carbonyl (C=O) groups is 1. The Kier molecular flexibility index (Phi) is 4.74. The summed E-state index contributed by atoms with van der Waals surface area (Å²) >= 11 is 1.23. The second kappa shape index (κ2) is 6.80. The first-order valence-electron chi connectivity index (χ1n) is 6.87. The van der Waals surface area contributed by atoms with Crippen LogP contribution in [-0.4, -0.2) is 36.3 Å². The van der Waals surface area contributed by atoms with Gasteiger partial charge in [-0.1, -0.05) is 17.1 Å². The number of halogens is 1. The van der Waals surface area contributed by atoms with Crippen LogP contribution in [0, 0.1) is 0 Å². The van der Waals surface area contributed by atoms with Gasteiger partial charge in [-0.2, -0.15) is 5.10 Å². The van der Waals surface area contributed by atoms with Crippen molar-refractivity contribution in [1.29, 1.82) is 0 Å². The predicted molar refractivity (Wildman–Crippen MR) is 92.5 cm³/mol. The number of hydrogen-bond donors (Lipinski definition) is 0. The third-order valence-electron chi connectivity index (χ3n) is 3.48. The zero-order valence-corrected chi connectivity index (χ0v) is 15.0. The average molecular weight is 408 g/mol. The second-order valence-electron chi connectivity index (χ2n) is 5.07. The molecule has 0 aliphatic heterocycles. The Morgan fingerprint density at radius 1 is 1.38 bits per heavy atom. The van der Waals surface area contributed by atoms with E-state index in [-0.39, 0.29) is 17.4 Å². The number of nitrogens with zero attached hydrogens (tertiary/aromatic N) is 4. The lowest BCUT2D eigenvalue weighted by molar-refractivity contribution is 0.0988. The molecule has 3 rings (SSSR count). The van der Waals surface area contributed by atoms with Crippen LogP contribution in [0.2, 0.25) is 0 Å². The zero-order chi connectivity index (χ0) is 17.3. The van der Waals surface area contributed by atoms with Gasteiger partial charge in [-0.15, -0.1) is 0 Å². The van der Waals surface area contributed by atoms with Gasteiger partial charge in [0.15, 0.2) is 0 Å². The van der Waals surface area contributed by atoms with Gasteiger partial charge in [-0.3, -0.25) is 14.0 Å². The quantitative estimate of drug-likeness (QED) is 0.617. The summed E-state index contributed by atoms with van der Waals surface area (Å²) in [5.41, 5.74) is 2.31. The SMILES string of the molecule is CN(C(=O)c1ccc(CS(=O)[O-])cn1)c1ccn2ncc(Br)c2c1. The number of hydrogen-bond acceptors (Lipinski definition) is 5. The summed E-state index contributed by atoms with van der Waals surface area (Å²) in [5.74, 6) is -0.409. The molecular formula is C15H12BrN4O3S-. The molecule has 0 saturated carbocycles. The first-order valence-corrected chi connectivity index (χ1v) is 8.91. The molecule has 0 fully saturated rings. The lowest BCUT2D eigenvalue weighted by Gasteiger charge is -2.17.